The number of rotatable bonds is 1. The van der Waals surface area contributed by atoms with Crippen LogP contribution in [0.1, 0.15) is 10.5 Å². The largest absolute Gasteiger partial charge is 0.354 e. The normalized spacial score (nSPS) is 9.30. The zero-order chi connectivity index (χ0) is 7.56. The molecular formula is C5H7N3O2. The van der Waals surface area contributed by atoms with E-state index in [1.54, 1.807) is 0 Å². The monoisotopic (exact) mass is 141 g/mol. The van der Waals surface area contributed by atoms with E-state index in [2.05, 4.69) is 15.5 Å². The molecule has 0 unspecified atom stereocenters. The first-order valence-corrected chi connectivity index (χ1v) is 2.74. The second-order valence-corrected chi connectivity index (χ2v) is 1.75. The van der Waals surface area contributed by atoms with E-state index in [1.807, 2.05) is 0 Å². The first kappa shape index (κ1) is 6.60. The molecule has 1 amide bonds. The van der Waals surface area contributed by atoms with Crippen molar-refractivity contribution in [1.29, 1.82) is 0 Å². The van der Waals surface area contributed by atoms with E-state index in [4.69, 9.17) is 0 Å². The molecule has 54 valence electrons. The number of amides is 1. The summed E-state index contributed by atoms with van der Waals surface area (Å²) in [6.45, 7) is 0. The third-order valence-corrected chi connectivity index (χ3v) is 1.07. The predicted octanol–water partition coefficient (Wildman–Crippen LogP) is -0.937. The molecule has 0 aromatic carbocycles. The molecular weight excluding hydrogens is 134 g/mol. The van der Waals surface area contributed by atoms with E-state index in [1.165, 1.54) is 13.1 Å². The molecule has 5 nitrogen and oxygen atoms in total. The summed E-state index contributed by atoms with van der Waals surface area (Å²) < 4.78 is 0. The molecule has 0 aliphatic heterocycles. The minimum absolute atomic E-state index is 0.243. The van der Waals surface area contributed by atoms with Gasteiger partial charge < -0.3 is 5.32 Å². The molecule has 0 fully saturated rings. The van der Waals surface area contributed by atoms with Crippen LogP contribution >= 0.6 is 0 Å². The Morgan fingerprint density at radius 3 is 2.70 bits per heavy atom. The lowest BCUT2D eigenvalue weighted by molar-refractivity contribution is 0.0958. The summed E-state index contributed by atoms with van der Waals surface area (Å²) in [6.07, 6.45) is 0. The number of hydrogen-bond donors (Lipinski definition) is 3. The van der Waals surface area contributed by atoms with Crippen molar-refractivity contribution >= 4 is 5.91 Å². The number of hydrogen-bond acceptors (Lipinski definition) is 2. The highest BCUT2D eigenvalue weighted by Crippen LogP contribution is 1.83. The topological polar surface area (TPSA) is 77.8 Å². The van der Waals surface area contributed by atoms with Gasteiger partial charge in [0.15, 0.2) is 0 Å². The van der Waals surface area contributed by atoms with Gasteiger partial charge in [-0.05, 0) is 0 Å². The van der Waals surface area contributed by atoms with Crippen molar-refractivity contribution in [2.24, 2.45) is 0 Å². The van der Waals surface area contributed by atoms with Crippen LogP contribution in [0.2, 0.25) is 0 Å². The molecule has 0 atom stereocenters. The number of aromatic amines is 2. The van der Waals surface area contributed by atoms with E-state index in [-0.39, 0.29) is 17.2 Å². The number of carbonyl (C=O) groups excluding carboxylic acids is 1. The summed E-state index contributed by atoms with van der Waals surface area (Å²) in [7, 11) is 1.49. The maximum absolute atomic E-state index is 10.7. The van der Waals surface area contributed by atoms with E-state index in [9.17, 15) is 9.59 Å². The van der Waals surface area contributed by atoms with Crippen molar-refractivity contribution in [1.82, 2.24) is 15.5 Å². The smallest absolute Gasteiger partial charge is 0.269 e. The fraction of sp³-hybridized carbons (Fsp3) is 0.200. The number of aromatic nitrogens is 2. The minimum atomic E-state index is -0.307. The molecule has 1 aromatic heterocycles. The average Bonchev–Trinajstić information content (AvgIpc) is 2.34. The molecule has 3 N–H and O–H groups in total. The lowest BCUT2D eigenvalue weighted by Gasteiger charge is -1.90. The van der Waals surface area contributed by atoms with Crippen LogP contribution in [-0.4, -0.2) is 23.2 Å². The predicted molar refractivity (Wildman–Crippen MR) is 34.8 cm³/mol. The Labute approximate surface area is 56.4 Å². The summed E-state index contributed by atoms with van der Waals surface area (Å²) >= 11 is 0. The van der Waals surface area contributed by atoms with E-state index >= 15 is 0 Å². The first-order chi connectivity index (χ1) is 4.74. The lowest BCUT2D eigenvalue weighted by atomic mass is 10.4. The van der Waals surface area contributed by atoms with Gasteiger partial charge in [-0.1, -0.05) is 0 Å². The summed E-state index contributed by atoms with van der Waals surface area (Å²) in [5, 5.41) is 7.01. The van der Waals surface area contributed by atoms with Crippen LogP contribution in [0.15, 0.2) is 10.9 Å². The van der Waals surface area contributed by atoms with E-state index in [0.717, 1.165) is 0 Å². The Morgan fingerprint density at radius 1 is 1.60 bits per heavy atom. The number of H-pyrrole nitrogens is 2. The minimum Gasteiger partial charge on any atom is -0.354 e. The quantitative estimate of drug-likeness (QED) is 0.472. The molecule has 0 saturated carbocycles. The summed E-state index contributed by atoms with van der Waals surface area (Å²) in [5.41, 5.74) is -0.0638. The Bertz CT molecular complexity index is 285. The Balaban J connectivity index is 2.95. The number of carbonyl (C=O) groups is 1. The van der Waals surface area contributed by atoms with Crippen LogP contribution in [0.4, 0.5) is 0 Å². The molecule has 10 heavy (non-hydrogen) atoms. The molecule has 0 aliphatic rings. The number of nitrogens with one attached hydrogen (secondary N) is 3. The van der Waals surface area contributed by atoms with E-state index < -0.39 is 0 Å². The van der Waals surface area contributed by atoms with Gasteiger partial charge in [-0.3, -0.25) is 19.8 Å². The van der Waals surface area contributed by atoms with Crippen molar-refractivity contribution in [3.05, 3.63) is 22.1 Å². The van der Waals surface area contributed by atoms with Gasteiger partial charge in [-0.2, -0.15) is 0 Å². The van der Waals surface area contributed by atoms with Gasteiger partial charge in [0.1, 0.15) is 5.69 Å². The second kappa shape index (κ2) is 2.38. The summed E-state index contributed by atoms with van der Waals surface area (Å²) in [6, 6.07) is 1.19. The van der Waals surface area contributed by atoms with Gasteiger partial charge in [0.05, 0.1) is 0 Å². The molecule has 0 spiro atoms. The van der Waals surface area contributed by atoms with Gasteiger partial charge in [0.25, 0.3) is 11.5 Å². The summed E-state index contributed by atoms with van der Waals surface area (Å²) in [4.78, 5) is 21.2. The van der Waals surface area contributed by atoms with Gasteiger partial charge in [0.2, 0.25) is 0 Å². The Morgan fingerprint density at radius 2 is 2.30 bits per heavy atom. The van der Waals surface area contributed by atoms with Crippen LogP contribution < -0.4 is 10.9 Å². The van der Waals surface area contributed by atoms with Gasteiger partial charge in [0, 0.05) is 13.1 Å². The van der Waals surface area contributed by atoms with Crippen LogP contribution in [0.3, 0.4) is 0 Å². The van der Waals surface area contributed by atoms with Gasteiger partial charge in [-0.25, -0.2) is 0 Å². The second-order valence-electron chi connectivity index (χ2n) is 1.75. The maximum atomic E-state index is 10.7. The molecule has 1 rings (SSSR count). The van der Waals surface area contributed by atoms with Gasteiger partial charge in [-0.15, -0.1) is 0 Å². The molecule has 0 saturated heterocycles. The molecule has 1 heterocycles. The highest BCUT2D eigenvalue weighted by Gasteiger charge is 2.03. The fourth-order valence-corrected chi connectivity index (χ4v) is 0.589. The van der Waals surface area contributed by atoms with Crippen molar-refractivity contribution < 1.29 is 4.79 Å². The first-order valence-electron chi connectivity index (χ1n) is 2.74. The standard InChI is InChI=1S/C5H7N3O2/c1-6-5(10)3-2-4(9)8-7-3/h2H,1H3,(H,6,10)(H2,7,8,9). The zero-order valence-electron chi connectivity index (χ0n) is 5.39. The van der Waals surface area contributed by atoms with E-state index in [0.29, 0.717) is 0 Å². The van der Waals surface area contributed by atoms with Crippen molar-refractivity contribution in [3.63, 3.8) is 0 Å². The third-order valence-electron chi connectivity index (χ3n) is 1.07. The highest BCUT2D eigenvalue weighted by atomic mass is 16.2. The molecule has 5 heteroatoms. The van der Waals surface area contributed by atoms with Crippen LogP contribution in [0.25, 0.3) is 0 Å². The lowest BCUT2D eigenvalue weighted by Crippen LogP contribution is -2.18. The average molecular weight is 141 g/mol. The van der Waals surface area contributed by atoms with Crippen molar-refractivity contribution in [3.8, 4) is 0 Å². The molecule has 0 radical (unpaired) electrons. The van der Waals surface area contributed by atoms with Crippen molar-refractivity contribution in [2.75, 3.05) is 7.05 Å². The highest BCUT2D eigenvalue weighted by molar-refractivity contribution is 5.91. The Kier molecular flexibility index (Phi) is 1.57. The molecule has 0 bridgehead atoms. The zero-order valence-corrected chi connectivity index (χ0v) is 5.39. The third kappa shape index (κ3) is 1.07. The molecule has 1 aromatic rings. The SMILES string of the molecule is CNC(=O)c1cc(=O)[nH][nH]1. The van der Waals surface area contributed by atoms with Crippen molar-refractivity contribution in [2.45, 2.75) is 0 Å². The van der Waals surface area contributed by atoms with Crippen LogP contribution in [0.5, 0.6) is 0 Å². The summed E-state index contributed by atoms with van der Waals surface area (Å²) in [5.74, 6) is -0.307. The van der Waals surface area contributed by atoms with Gasteiger partial charge >= 0.3 is 0 Å². The fourth-order valence-electron chi connectivity index (χ4n) is 0.589. The molecule has 0 aliphatic carbocycles. The Hall–Kier alpha value is -1.52. The van der Waals surface area contributed by atoms with Crippen LogP contribution in [-0.2, 0) is 0 Å². The maximum Gasteiger partial charge on any atom is 0.269 e. The van der Waals surface area contributed by atoms with Crippen LogP contribution in [0, 0.1) is 0 Å².